The van der Waals surface area contributed by atoms with Gasteiger partial charge >= 0.3 is 6.03 Å². The number of aromatic nitrogens is 2. The minimum Gasteiger partial charge on any atom is -0.339 e. The highest BCUT2D eigenvalue weighted by atomic mass is 35.5. The Morgan fingerprint density at radius 1 is 1.07 bits per heavy atom. The van der Waals surface area contributed by atoms with Gasteiger partial charge in [-0.3, -0.25) is 9.48 Å². The molecule has 29 heavy (non-hydrogen) atoms. The number of piperazine rings is 1. The molecule has 0 spiro atoms. The van der Waals surface area contributed by atoms with Gasteiger partial charge in [0.2, 0.25) is 5.91 Å². The summed E-state index contributed by atoms with van der Waals surface area (Å²) in [5.41, 5.74) is 4.27. The first-order valence-electron chi connectivity index (χ1n) is 9.89. The van der Waals surface area contributed by atoms with Gasteiger partial charge in [-0.05, 0) is 43.5 Å². The number of benzene rings is 1. The Labute approximate surface area is 176 Å². The lowest BCUT2D eigenvalue weighted by atomic mass is 10.1. The molecule has 0 unspecified atom stereocenters. The third kappa shape index (κ3) is 5.29. The fourth-order valence-corrected chi connectivity index (χ4v) is 3.76. The smallest absolute Gasteiger partial charge is 0.317 e. The van der Waals surface area contributed by atoms with Gasteiger partial charge in [-0.25, -0.2) is 4.79 Å². The van der Waals surface area contributed by atoms with E-state index in [-0.39, 0.29) is 11.9 Å². The molecule has 0 saturated carbocycles. The molecule has 1 aliphatic heterocycles. The molecule has 2 heterocycles. The lowest BCUT2D eigenvalue weighted by molar-refractivity contribution is -0.131. The third-order valence-corrected chi connectivity index (χ3v) is 5.75. The van der Waals surface area contributed by atoms with Crippen molar-refractivity contribution in [2.75, 3.05) is 32.7 Å². The Hall–Kier alpha value is -2.54. The van der Waals surface area contributed by atoms with E-state index in [0.717, 1.165) is 23.4 Å². The van der Waals surface area contributed by atoms with E-state index in [9.17, 15) is 9.59 Å². The fourth-order valence-electron chi connectivity index (χ4n) is 3.63. The number of urea groups is 1. The van der Waals surface area contributed by atoms with Crippen LogP contribution >= 0.6 is 11.6 Å². The van der Waals surface area contributed by atoms with Crippen LogP contribution in [-0.2, 0) is 24.7 Å². The number of nitrogens with one attached hydrogen (secondary N) is 1. The van der Waals surface area contributed by atoms with E-state index < -0.39 is 0 Å². The van der Waals surface area contributed by atoms with Crippen molar-refractivity contribution in [2.45, 2.75) is 26.7 Å². The molecule has 3 amide bonds. The van der Waals surface area contributed by atoms with Crippen LogP contribution in [0, 0.1) is 13.8 Å². The van der Waals surface area contributed by atoms with Crippen molar-refractivity contribution >= 4 is 23.5 Å². The van der Waals surface area contributed by atoms with E-state index in [1.165, 1.54) is 5.56 Å². The van der Waals surface area contributed by atoms with Crippen LogP contribution in [0.3, 0.4) is 0 Å². The Morgan fingerprint density at radius 2 is 1.69 bits per heavy atom. The number of amides is 3. The summed E-state index contributed by atoms with van der Waals surface area (Å²) >= 11 is 5.89. The molecule has 2 aromatic rings. The Kier molecular flexibility index (Phi) is 6.79. The van der Waals surface area contributed by atoms with Gasteiger partial charge in [0.25, 0.3) is 0 Å². The number of aryl methyl sites for hydroxylation is 2. The predicted molar refractivity (Wildman–Crippen MR) is 113 cm³/mol. The van der Waals surface area contributed by atoms with Gasteiger partial charge in [0, 0.05) is 50.5 Å². The number of hydrogen-bond acceptors (Lipinski definition) is 3. The molecule has 0 radical (unpaired) electrons. The number of hydrogen-bond donors (Lipinski definition) is 1. The summed E-state index contributed by atoms with van der Waals surface area (Å²) in [7, 11) is 1.93. The zero-order chi connectivity index (χ0) is 21.0. The maximum absolute atomic E-state index is 12.5. The molecule has 1 N–H and O–H groups in total. The van der Waals surface area contributed by atoms with Gasteiger partial charge in [0.15, 0.2) is 0 Å². The zero-order valence-corrected chi connectivity index (χ0v) is 18.0. The average molecular weight is 418 g/mol. The lowest BCUT2D eigenvalue weighted by Crippen LogP contribution is -2.53. The Balaban J connectivity index is 1.42. The van der Waals surface area contributed by atoms with Gasteiger partial charge in [-0.1, -0.05) is 23.7 Å². The van der Waals surface area contributed by atoms with Crippen molar-refractivity contribution in [3.63, 3.8) is 0 Å². The van der Waals surface area contributed by atoms with Crippen molar-refractivity contribution in [1.29, 1.82) is 0 Å². The molecule has 0 aliphatic carbocycles. The molecule has 3 rings (SSSR count). The number of nitrogens with zero attached hydrogens (tertiary/aromatic N) is 4. The monoisotopic (exact) mass is 417 g/mol. The van der Waals surface area contributed by atoms with Gasteiger partial charge in [0.1, 0.15) is 0 Å². The highest BCUT2D eigenvalue weighted by Crippen LogP contribution is 2.13. The van der Waals surface area contributed by atoms with Gasteiger partial charge in [-0.2, -0.15) is 5.10 Å². The molecular weight excluding hydrogens is 390 g/mol. The fraction of sp³-hybridized carbons (Fsp3) is 0.476. The Morgan fingerprint density at radius 3 is 2.28 bits per heavy atom. The topological polar surface area (TPSA) is 70.5 Å². The summed E-state index contributed by atoms with van der Waals surface area (Å²) in [5, 5.41) is 8.06. The molecule has 8 heteroatoms. The minimum atomic E-state index is -0.0750. The van der Waals surface area contributed by atoms with E-state index in [0.29, 0.717) is 44.2 Å². The molecule has 1 aromatic carbocycles. The van der Waals surface area contributed by atoms with Crippen molar-refractivity contribution in [3.05, 3.63) is 51.8 Å². The van der Waals surface area contributed by atoms with Crippen LogP contribution in [0.2, 0.25) is 5.02 Å². The highest BCUT2D eigenvalue weighted by Gasteiger charge is 2.24. The summed E-state index contributed by atoms with van der Waals surface area (Å²) in [5.74, 6) is 0.0786. The summed E-state index contributed by atoms with van der Waals surface area (Å²) in [6.07, 6.45) is 1.12. The first-order chi connectivity index (χ1) is 13.8. The third-order valence-electron chi connectivity index (χ3n) is 5.50. The van der Waals surface area contributed by atoms with Crippen LogP contribution in [0.1, 0.15) is 22.5 Å². The normalized spacial score (nSPS) is 14.2. The van der Waals surface area contributed by atoms with Crippen LogP contribution in [0.4, 0.5) is 4.79 Å². The highest BCUT2D eigenvalue weighted by molar-refractivity contribution is 6.30. The van der Waals surface area contributed by atoms with Crippen molar-refractivity contribution < 1.29 is 9.59 Å². The molecule has 1 fully saturated rings. The van der Waals surface area contributed by atoms with Gasteiger partial charge in [-0.15, -0.1) is 0 Å². The van der Waals surface area contributed by atoms with Crippen LogP contribution in [0.5, 0.6) is 0 Å². The van der Waals surface area contributed by atoms with Crippen molar-refractivity contribution in [3.8, 4) is 0 Å². The zero-order valence-electron chi connectivity index (χ0n) is 17.2. The number of carbonyl (C=O) groups excluding carboxylic acids is 2. The number of carbonyl (C=O) groups is 2. The van der Waals surface area contributed by atoms with Crippen molar-refractivity contribution in [1.82, 2.24) is 24.9 Å². The summed E-state index contributed by atoms with van der Waals surface area (Å²) < 4.78 is 1.87. The van der Waals surface area contributed by atoms with Crippen LogP contribution in [0.15, 0.2) is 24.3 Å². The quantitative estimate of drug-likeness (QED) is 0.811. The van der Waals surface area contributed by atoms with Crippen LogP contribution in [0.25, 0.3) is 0 Å². The second kappa shape index (κ2) is 9.31. The largest absolute Gasteiger partial charge is 0.339 e. The molecule has 0 atom stereocenters. The molecule has 1 saturated heterocycles. The van der Waals surface area contributed by atoms with Crippen LogP contribution < -0.4 is 5.32 Å². The van der Waals surface area contributed by atoms with Crippen molar-refractivity contribution in [2.24, 2.45) is 7.05 Å². The molecule has 1 aromatic heterocycles. The summed E-state index contributed by atoms with van der Waals surface area (Å²) in [6.45, 7) is 6.80. The molecule has 0 bridgehead atoms. The number of halogens is 1. The van der Waals surface area contributed by atoms with E-state index >= 15 is 0 Å². The maximum atomic E-state index is 12.5. The predicted octanol–water partition coefficient (Wildman–Crippen LogP) is 2.33. The number of rotatable bonds is 5. The Bertz CT molecular complexity index is 870. The molecule has 1 aliphatic rings. The molecule has 156 valence electrons. The second-order valence-electron chi connectivity index (χ2n) is 7.43. The van der Waals surface area contributed by atoms with E-state index in [2.05, 4.69) is 10.4 Å². The minimum absolute atomic E-state index is 0.0750. The standard InChI is InChI=1S/C21H28ClN5O2/c1-15-19(16(2)25(3)24-15)8-9-23-21(29)27-12-10-26(11-13-27)20(28)14-17-4-6-18(22)7-5-17/h4-7H,8-14H2,1-3H3,(H,23,29). The van der Waals surface area contributed by atoms with E-state index in [4.69, 9.17) is 11.6 Å². The first-order valence-corrected chi connectivity index (χ1v) is 10.3. The van der Waals surface area contributed by atoms with Gasteiger partial charge in [0.05, 0.1) is 12.1 Å². The van der Waals surface area contributed by atoms with Crippen LogP contribution in [-0.4, -0.2) is 64.2 Å². The molecular formula is C21H28ClN5O2. The average Bonchev–Trinajstić information content (AvgIpc) is 2.95. The van der Waals surface area contributed by atoms with E-state index in [1.807, 2.05) is 42.6 Å². The summed E-state index contributed by atoms with van der Waals surface area (Å²) in [6, 6.07) is 7.25. The molecule has 7 nitrogen and oxygen atoms in total. The maximum Gasteiger partial charge on any atom is 0.317 e. The first kappa shape index (κ1) is 21.2. The summed E-state index contributed by atoms with van der Waals surface area (Å²) in [4.78, 5) is 28.5. The van der Waals surface area contributed by atoms with Gasteiger partial charge < -0.3 is 15.1 Å². The lowest BCUT2D eigenvalue weighted by Gasteiger charge is -2.34. The second-order valence-corrected chi connectivity index (χ2v) is 7.86. The SMILES string of the molecule is Cc1nn(C)c(C)c1CCNC(=O)N1CCN(C(=O)Cc2ccc(Cl)cc2)CC1. The van der Waals surface area contributed by atoms with E-state index in [1.54, 1.807) is 17.0 Å².